The van der Waals surface area contributed by atoms with E-state index in [9.17, 15) is 14.7 Å². The lowest BCUT2D eigenvalue weighted by Gasteiger charge is -2.23. The van der Waals surface area contributed by atoms with Crippen molar-refractivity contribution in [1.29, 1.82) is 0 Å². The molecule has 0 radical (unpaired) electrons. The monoisotopic (exact) mass is 516 g/mol. The number of amides is 3. The van der Waals surface area contributed by atoms with Crippen molar-refractivity contribution in [1.82, 2.24) is 19.4 Å². The van der Waals surface area contributed by atoms with Crippen molar-refractivity contribution in [2.75, 3.05) is 23.9 Å². The Kier molecular flexibility index (Phi) is 7.30. The number of aromatic nitrogens is 3. The Morgan fingerprint density at radius 2 is 2.06 bits per heavy atom. The molecule has 0 spiro atoms. The van der Waals surface area contributed by atoms with E-state index >= 15 is 0 Å². The minimum atomic E-state index is -0.534. The van der Waals surface area contributed by atoms with E-state index in [1.165, 1.54) is 4.90 Å². The lowest BCUT2D eigenvalue weighted by Crippen LogP contribution is -2.40. The van der Waals surface area contributed by atoms with Gasteiger partial charge in [-0.1, -0.05) is 29.3 Å². The molecule has 1 unspecified atom stereocenters. The molecule has 1 saturated carbocycles. The van der Waals surface area contributed by atoms with E-state index in [1.54, 1.807) is 31.4 Å². The molecule has 0 bridgehead atoms. The van der Waals surface area contributed by atoms with Gasteiger partial charge >= 0.3 is 6.03 Å². The Balaban J connectivity index is 1.51. The molecular formula is C24H26Cl2N6O3. The fourth-order valence-corrected chi connectivity index (χ4v) is 4.25. The molecule has 1 aliphatic carbocycles. The lowest BCUT2D eigenvalue weighted by atomic mass is 10.2. The zero-order chi connectivity index (χ0) is 25.3. The van der Waals surface area contributed by atoms with E-state index in [2.05, 4.69) is 15.3 Å². The maximum absolute atomic E-state index is 13.1. The molecule has 2 aromatic heterocycles. The quantitative estimate of drug-likeness (QED) is 0.427. The minimum absolute atomic E-state index is 0.0380. The van der Waals surface area contributed by atoms with Gasteiger partial charge in [0.25, 0.3) is 0 Å². The van der Waals surface area contributed by atoms with Crippen molar-refractivity contribution in [3.63, 3.8) is 0 Å². The summed E-state index contributed by atoms with van der Waals surface area (Å²) in [7, 11) is 3.41. The average molecular weight is 517 g/mol. The average Bonchev–Trinajstić information content (AvgIpc) is 3.60. The first-order valence-electron chi connectivity index (χ1n) is 11.0. The number of aliphatic hydroxyl groups is 1. The fourth-order valence-electron chi connectivity index (χ4n) is 3.93. The van der Waals surface area contributed by atoms with Crippen molar-refractivity contribution in [2.45, 2.75) is 25.8 Å². The van der Waals surface area contributed by atoms with E-state index < -0.39 is 6.03 Å². The minimum Gasteiger partial charge on any atom is -0.396 e. The topological polar surface area (TPSA) is 104 Å². The van der Waals surface area contributed by atoms with Crippen LogP contribution in [0.5, 0.6) is 0 Å². The Bertz CT molecular complexity index is 1260. The van der Waals surface area contributed by atoms with Gasteiger partial charge in [-0.15, -0.1) is 0 Å². The van der Waals surface area contributed by atoms with Crippen molar-refractivity contribution < 1.29 is 14.7 Å². The number of carbonyl (C=O) groups is 2. The molecule has 9 nitrogen and oxygen atoms in total. The number of rotatable bonds is 8. The van der Waals surface area contributed by atoms with Crippen LogP contribution < -0.4 is 10.2 Å². The molecule has 0 saturated heterocycles. The third kappa shape index (κ3) is 5.27. The van der Waals surface area contributed by atoms with Gasteiger partial charge in [-0.3, -0.25) is 19.6 Å². The van der Waals surface area contributed by atoms with Crippen LogP contribution in [-0.2, 0) is 18.4 Å². The van der Waals surface area contributed by atoms with Gasteiger partial charge in [-0.05, 0) is 49.1 Å². The maximum Gasteiger partial charge on any atom is 0.332 e. The number of nitrogens with zero attached hydrogens (tertiary/aromatic N) is 5. The first kappa shape index (κ1) is 25.0. The highest BCUT2D eigenvalue weighted by Gasteiger charge is 2.38. The van der Waals surface area contributed by atoms with Gasteiger partial charge in [-0.25, -0.2) is 4.79 Å². The largest absolute Gasteiger partial charge is 0.396 e. The third-order valence-electron chi connectivity index (χ3n) is 6.24. The second kappa shape index (κ2) is 10.2. The van der Waals surface area contributed by atoms with Crippen LogP contribution in [0.4, 0.5) is 22.2 Å². The van der Waals surface area contributed by atoms with E-state index in [0.29, 0.717) is 33.8 Å². The zero-order valence-electron chi connectivity index (χ0n) is 19.6. The van der Waals surface area contributed by atoms with E-state index in [-0.39, 0.29) is 25.0 Å². The SMILES string of the molecule is Cc1c(N(C)C(=O)N(C=O)Cc2ccc(Cl)c(Cl)c2)nc(Nc2ccnc([C@@H]3CC3CO)c2)n1C. The number of aliphatic hydroxyl groups excluding tert-OH is 1. The second-order valence-corrected chi connectivity index (χ2v) is 9.42. The number of anilines is 3. The summed E-state index contributed by atoms with van der Waals surface area (Å²) >= 11 is 12.0. The Morgan fingerprint density at radius 3 is 2.71 bits per heavy atom. The van der Waals surface area contributed by atoms with Gasteiger partial charge in [0.2, 0.25) is 12.4 Å². The maximum atomic E-state index is 13.1. The molecule has 35 heavy (non-hydrogen) atoms. The number of hydrogen-bond donors (Lipinski definition) is 2. The first-order chi connectivity index (χ1) is 16.7. The number of imide groups is 1. The molecule has 2 atom stereocenters. The summed E-state index contributed by atoms with van der Waals surface area (Å²) in [5.74, 6) is 1.49. The van der Waals surface area contributed by atoms with Crippen LogP contribution in [0.25, 0.3) is 0 Å². The van der Waals surface area contributed by atoms with Gasteiger partial charge in [0.15, 0.2) is 5.82 Å². The highest BCUT2D eigenvalue weighted by atomic mass is 35.5. The number of nitrogens with one attached hydrogen (secondary N) is 1. The standard InChI is InChI=1S/C24H26Cl2N6O3/c1-14-22(31(3)24(35)32(13-34)11-15-4-5-19(25)20(26)8-15)29-23(30(14)2)28-17-6-7-27-21(10-17)18-9-16(18)12-33/h4-8,10,13,16,18,33H,9,11-12H2,1-3H3,(H,27,28,29)/t16?,18-/m1/s1. The van der Waals surface area contributed by atoms with Crippen LogP contribution >= 0.6 is 23.2 Å². The Hall–Kier alpha value is -3.14. The molecule has 184 valence electrons. The highest BCUT2D eigenvalue weighted by molar-refractivity contribution is 6.42. The molecule has 3 amide bonds. The Labute approximate surface area is 213 Å². The van der Waals surface area contributed by atoms with Gasteiger partial charge in [0, 0.05) is 44.2 Å². The molecule has 0 aliphatic heterocycles. The van der Waals surface area contributed by atoms with Crippen LogP contribution in [0.1, 0.15) is 29.3 Å². The number of benzene rings is 1. The van der Waals surface area contributed by atoms with Crippen molar-refractivity contribution in [3.8, 4) is 0 Å². The van der Waals surface area contributed by atoms with Crippen LogP contribution in [-0.4, -0.2) is 50.6 Å². The van der Waals surface area contributed by atoms with Crippen molar-refractivity contribution >= 4 is 53.1 Å². The summed E-state index contributed by atoms with van der Waals surface area (Å²) in [6.45, 7) is 2.04. The molecule has 1 aliphatic rings. The van der Waals surface area contributed by atoms with Gasteiger partial charge < -0.3 is 15.0 Å². The predicted molar refractivity (Wildman–Crippen MR) is 135 cm³/mol. The summed E-state index contributed by atoms with van der Waals surface area (Å²) in [5, 5.41) is 13.4. The fraction of sp³-hybridized carbons (Fsp3) is 0.333. The van der Waals surface area contributed by atoms with Crippen LogP contribution in [0.15, 0.2) is 36.5 Å². The number of urea groups is 1. The van der Waals surface area contributed by atoms with Crippen LogP contribution in [0.2, 0.25) is 10.0 Å². The van der Waals surface area contributed by atoms with E-state index in [0.717, 1.165) is 28.4 Å². The molecular weight excluding hydrogens is 491 g/mol. The molecule has 11 heteroatoms. The van der Waals surface area contributed by atoms with Gasteiger partial charge in [-0.2, -0.15) is 4.98 Å². The predicted octanol–water partition coefficient (Wildman–Crippen LogP) is 4.48. The van der Waals surface area contributed by atoms with Gasteiger partial charge in [0.05, 0.1) is 22.3 Å². The summed E-state index contributed by atoms with van der Waals surface area (Å²) in [4.78, 5) is 36.3. The first-order valence-corrected chi connectivity index (χ1v) is 11.8. The Morgan fingerprint density at radius 1 is 1.29 bits per heavy atom. The van der Waals surface area contributed by atoms with Crippen LogP contribution in [0.3, 0.4) is 0 Å². The van der Waals surface area contributed by atoms with Crippen molar-refractivity contribution in [3.05, 3.63) is 63.5 Å². The molecule has 4 rings (SSSR count). The van der Waals surface area contributed by atoms with Gasteiger partial charge in [0.1, 0.15) is 0 Å². The molecule has 2 heterocycles. The molecule has 1 fully saturated rings. The smallest absolute Gasteiger partial charge is 0.332 e. The number of carbonyl (C=O) groups excluding carboxylic acids is 2. The number of imidazole rings is 1. The lowest BCUT2D eigenvalue weighted by molar-refractivity contribution is -0.115. The van der Waals surface area contributed by atoms with E-state index in [1.807, 2.05) is 30.7 Å². The van der Waals surface area contributed by atoms with Crippen molar-refractivity contribution in [2.24, 2.45) is 13.0 Å². The number of hydrogen-bond acceptors (Lipinski definition) is 6. The highest BCUT2D eigenvalue weighted by Crippen LogP contribution is 2.46. The third-order valence-corrected chi connectivity index (χ3v) is 6.98. The summed E-state index contributed by atoms with van der Waals surface area (Å²) in [6, 6.07) is 8.20. The summed E-state index contributed by atoms with van der Waals surface area (Å²) in [6.07, 6.45) is 3.14. The van der Waals surface area contributed by atoms with E-state index in [4.69, 9.17) is 23.2 Å². The summed E-state index contributed by atoms with van der Waals surface area (Å²) < 4.78 is 1.83. The molecule has 1 aromatic carbocycles. The normalized spacial score (nSPS) is 16.6. The zero-order valence-corrected chi connectivity index (χ0v) is 21.1. The number of halogens is 2. The summed E-state index contributed by atoms with van der Waals surface area (Å²) in [5.41, 5.74) is 3.14. The molecule has 2 N–H and O–H groups in total. The number of pyridine rings is 1. The molecule has 3 aromatic rings. The van der Waals surface area contributed by atoms with Crippen LogP contribution in [0, 0.1) is 12.8 Å². The second-order valence-electron chi connectivity index (χ2n) is 8.61.